The summed E-state index contributed by atoms with van der Waals surface area (Å²) in [6.07, 6.45) is 6.69. The van der Waals surface area contributed by atoms with Gasteiger partial charge in [0.15, 0.2) is 0 Å². The number of ketones is 1. The first-order valence-electron chi connectivity index (χ1n) is 8.45. The standard InChI is InChI=1S/C20H22ClNO2/c1-24-19-11-10-14(13-22-19)12-18(23)20(15-6-2-3-7-15)16-8-4-5-9-17(16)21/h4-5,8-11,13,15,20H,2-3,6-7,12H2,1H3. The number of Topliss-reactive ketones (excluding diaryl/α,β-unsaturated/α-hetero) is 1. The number of carbonyl (C=O) groups excluding carboxylic acids is 1. The largest absolute Gasteiger partial charge is 0.481 e. The van der Waals surface area contributed by atoms with Crippen molar-refractivity contribution in [1.82, 2.24) is 4.98 Å². The van der Waals surface area contributed by atoms with Gasteiger partial charge in [0.25, 0.3) is 0 Å². The molecule has 1 fully saturated rings. The molecule has 1 aromatic carbocycles. The molecule has 0 N–H and O–H groups in total. The average molecular weight is 344 g/mol. The number of nitrogens with zero attached hydrogens (tertiary/aromatic N) is 1. The van der Waals surface area contributed by atoms with Crippen LogP contribution >= 0.6 is 11.6 Å². The fourth-order valence-electron chi connectivity index (χ4n) is 3.66. The molecule has 3 rings (SSSR count). The average Bonchev–Trinajstić information content (AvgIpc) is 3.12. The molecule has 1 aliphatic rings. The monoisotopic (exact) mass is 343 g/mol. The Labute approximate surface area is 148 Å². The second-order valence-electron chi connectivity index (χ2n) is 6.40. The number of hydrogen-bond acceptors (Lipinski definition) is 3. The van der Waals surface area contributed by atoms with Gasteiger partial charge in [-0.25, -0.2) is 4.98 Å². The predicted molar refractivity (Wildman–Crippen MR) is 95.7 cm³/mol. The number of halogens is 1. The van der Waals surface area contributed by atoms with Crippen LogP contribution in [-0.2, 0) is 11.2 Å². The minimum Gasteiger partial charge on any atom is -0.481 e. The maximum Gasteiger partial charge on any atom is 0.212 e. The highest BCUT2D eigenvalue weighted by Crippen LogP contribution is 2.40. The third-order valence-electron chi connectivity index (χ3n) is 4.84. The molecule has 0 radical (unpaired) electrons. The highest BCUT2D eigenvalue weighted by molar-refractivity contribution is 6.31. The van der Waals surface area contributed by atoms with E-state index in [-0.39, 0.29) is 11.7 Å². The van der Waals surface area contributed by atoms with Gasteiger partial charge in [0, 0.05) is 29.6 Å². The van der Waals surface area contributed by atoms with Crippen LogP contribution in [0.15, 0.2) is 42.6 Å². The summed E-state index contributed by atoms with van der Waals surface area (Å²) in [6.45, 7) is 0. The molecular weight excluding hydrogens is 322 g/mol. The van der Waals surface area contributed by atoms with Gasteiger partial charge in [0.1, 0.15) is 5.78 Å². The topological polar surface area (TPSA) is 39.2 Å². The van der Waals surface area contributed by atoms with Crippen molar-refractivity contribution >= 4 is 17.4 Å². The molecule has 1 aromatic heterocycles. The van der Waals surface area contributed by atoms with Crippen molar-refractivity contribution in [3.63, 3.8) is 0 Å². The van der Waals surface area contributed by atoms with Gasteiger partial charge < -0.3 is 4.74 Å². The fraction of sp³-hybridized carbons (Fsp3) is 0.400. The SMILES string of the molecule is COc1ccc(CC(=O)C(c2ccccc2Cl)C2CCCC2)cn1. The minimum atomic E-state index is -0.122. The van der Waals surface area contributed by atoms with Crippen LogP contribution in [0.25, 0.3) is 0 Å². The highest BCUT2D eigenvalue weighted by Gasteiger charge is 2.32. The number of benzene rings is 1. The van der Waals surface area contributed by atoms with Crippen LogP contribution in [-0.4, -0.2) is 17.9 Å². The number of hydrogen-bond donors (Lipinski definition) is 0. The molecule has 0 bridgehead atoms. The number of carbonyl (C=O) groups is 1. The fourth-order valence-corrected chi connectivity index (χ4v) is 3.91. The van der Waals surface area contributed by atoms with Gasteiger partial charge in [0.05, 0.1) is 7.11 Å². The maximum atomic E-state index is 13.1. The van der Waals surface area contributed by atoms with Crippen molar-refractivity contribution in [3.05, 3.63) is 58.7 Å². The third kappa shape index (κ3) is 3.78. The molecular formula is C20H22ClNO2. The van der Waals surface area contributed by atoms with Crippen LogP contribution in [0.3, 0.4) is 0 Å². The molecule has 1 unspecified atom stereocenters. The van der Waals surface area contributed by atoms with E-state index in [0.717, 1.165) is 24.0 Å². The zero-order valence-corrected chi connectivity index (χ0v) is 14.6. The Balaban J connectivity index is 1.84. The van der Waals surface area contributed by atoms with Gasteiger partial charge in [-0.2, -0.15) is 0 Å². The van der Waals surface area contributed by atoms with E-state index in [9.17, 15) is 4.79 Å². The molecule has 2 aromatic rings. The van der Waals surface area contributed by atoms with E-state index in [1.165, 1.54) is 12.8 Å². The van der Waals surface area contributed by atoms with Gasteiger partial charge in [-0.3, -0.25) is 4.79 Å². The molecule has 1 aliphatic carbocycles. The normalized spacial score (nSPS) is 16.1. The van der Waals surface area contributed by atoms with Crippen LogP contribution in [0.5, 0.6) is 5.88 Å². The van der Waals surface area contributed by atoms with E-state index in [4.69, 9.17) is 16.3 Å². The van der Waals surface area contributed by atoms with Gasteiger partial charge in [-0.1, -0.05) is 48.7 Å². The van der Waals surface area contributed by atoms with Gasteiger partial charge in [-0.05, 0) is 36.0 Å². The summed E-state index contributed by atoms with van der Waals surface area (Å²) in [4.78, 5) is 17.3. The lowest BCUT2D eigenvalue weighted by atomic mass is 9.80. The van der Waals surface area contributed by atoms with Crippen molar-refractivity contribution in [2.75, 3.05) is 7.11 Å². The molecule has 3 nitrogen and oxygen atoms in total. The van der Waals surface area contributed by atoms with Crippen molar-refractivity contribution < 1.29 is 9.53 Å². The lowest BCUT2D eigenvalue weighted by Crippen LogP contribution is -2.22. The van der Waals surface area contributed by atoms with Crippen LogP contribution in [0, 0.1) is 5.92 Å². The van der Waals surface area contributed by atoms with E-state index in [2.05, 4.69) is 4.98 Å². The number of pyridine rings is 1. The summed E-state index contributed by atoms with van der Waals surface area (Å²) in [5, 5.41) is 0.690. The zero-order valence-electron chi connectivity index (χ0n) is 13.9. The van der Waals surface area contributed by atoms with E-state index in [0.29, 0.717) is 23.2 Å². The smallest absolute Gasteiger partial charge is 0.212 e. The van der Waals surface area contributed by atoms with Crippen LogP contribution in [0.4, 0.5) is 0 Å². The second kappa shape index (κ2) is 7.80. The van der Waals surface area contributed by atoms with Gasteiger partial charge in [0.2, 0.25) is 5.88 Å². The Kier molecular flexibility index (Phi) is 5.52. The van der Waals surface area contributed by atoms with Crippen LogP contribution < -0.4 is 4.74 Å². The summed E-state index contributed by atoms with van der Waals surface area (Å²) >= 11 is 6.40. The van der Waals surface area contributed by atoms with E-state index in [1.54, 1.807) is 19.4 Å². The first kappa shape index (κ1) is 17.0. The number of methoxy groups -OCH3 is 1. The Bertz CT molecular complexity index is 693. The summed E-state index contributed by atoms with van der Waals surface area (Å²) in [6, 6.07) is 11.4. The lowest BCUT2D eigenvalue weighted by molar-refractivity contribution is -0.121. The summed E-state index contributed by atoms with van der Waals surface area (Å²) in [5.74, 6) is 1.05. The highest BCUT2D eigenvalue weighted by atomic mass is 35.5. The molecule has 1 saturated carbocycles. The van der Waals surface area contributed by atoms with Crippen molar-refractivity contribution in [2.24, 2.45) is 5.92 Å². The zero-order chi connectivity index (χ0) is 16.9. The Morgan fingerprint density at radius 2 is 2.00 bits per heavy atom. The Morgan fingerprint density at radius 1 is 1.25 bits per heavy atom. The van der Waals surface area contributed by atoms with Gasteiger partial charge >= 0.3 is 0 Å². The van der Waals surface area contributed by atoms with Crippen LogP contribution in [0.1, 0.15) is 42.7 Å². The van der Waals surface area contributed by atoms with E-state index >= 15 is 0 Å². The molecule has 24 heavy (non-hydrogen) atoms. The minimum absolute atomic E-state index is 0.122. The summed E-state index contributed by atoms with van der Waals surface area (Å²) in [5.41, 5.74) is 1.88. The first-order valence-corrected chi connectivity index (χ1v) is 8.83. The molecule has 1 atom stereocenters. The molecule has 0 saturated heterocycles. The quantitative estimate of drug-likeness (QED) is 0.754. The number of ether oxygens (including phenoxy) is 1. The van der Waals surface area contributed by atoms with E-state index < -0.39 is 0 Å². The Hall–Kier alpha value is -1.87. The predicted octanol–water partition coefficient (Wildman–Crippen LogP) is 4.83. The van der Waals surface area contributed by atoms with Crippen molar-refractivity contribution in [1.29, 1.82) is 0 Å². The van der Waals surface area contributed by atoms with Crippen molar-refractivity contribution in [3.8, 4) is 5.88 Å². The molecule has 0 spiro atoms. The summed E-state index contributed by atoms with van der Waals surface area (Å²) < 4.78 is 5.07. The molecule has 4 heteroatoms. The molecule has 1 heterocycles. The number of rotatable bonds is 6. The van der Waals surface area contributed by atoms with Crippen molar-refractivity contribution in [2.45, 2.75) is 38.0 Å². The summed E-state index contributed by atoms with van der Waals surface area (Å²) in [7, 11) is 1.58. The van der Waals surface area contributed by atoms with E-state index in [1.807, 2.05) is 30.3 Å². The maximum absolute atomic E-state index is 13.1. The molecule has 0 amide bonds. The lowest BCUT2D eigenvalue weighted by Gasteiger charge is -2.23. The molecule has 0 aliphatic heterocycles. The second-order valence-corrected chi connectivity index (χ2v) is 6.80. The third-order valence-corrected chi connectivity index (χ3v) is 5.19. The molecule has 126 valence electrons. The first-order chi connectivity index (χ1) is 11.7. The number of aromatic nitrogens is 1. The van der Waals surface area contributed by atoms with Crippen LogP contribution in [0.2, 0.25) is 5.02 Å². The van der Waals surface area contributed by atoms with Gasteiger partial charge in [-0.15, -0.1) is 0 Å². The Morgan fingerprint density at radius 3 is 2.62 bits per heavy atom.